The summed E-state index contributed by atoms with van der Waals surface area (Å²) in [5.74, 6) is 0. The van der Waals surface area contributed by atoms with Crippen LogP contribution in [-0.2, 0) is 13.0 Å². The predicted molar refractivity (Wildman–Crippen MR) is 141 cm³/mol. The van der Waals surface area contributed by atoms with Gasteiger partial charge in [0.15, 0.2) is 6.20 Å². The molecule has 7 rings (SSSR count). The largest absolute Gasteiger partial charge is 0.240 e. The summed E-state index contributed by atoms with van der Waals surface area (Å²) in [6.07, 6.45) is 4.44. The summed E-state index contributed by atoms with van der Waals surface area (Å²) < 4.78 is 2.45. The number of fused-ring (bicyclic) bond motifs is 3. The average Bonchev–Trinajstić information content (AvgIpc) is 3.07. The van der Waals surface area contributed by atoms with Gasteiger partial charge in [-0.1, -0.05) is 78.9 Å². The fourth-order valence-corrected chi connectivity index (χ4v) is 5.72. The normalized spacial score (nSPS) is 13.1. The van der Waals surface area contributed by atoms with Crippen molar-refractivity contribution >= 4 is 32.6 Å². The summed E-state index contributed by atoms with van der Waals surface area (Å²) in [5, 5.41) is 5.22. The van der Waals surface area contributed by atoms with Gasteiger partial charge in [0.2, 0.25) is 5.52 Å². The van der Waals surface area contributed by atoms with Crippen molar-refractivity contribution in [2.24, 2.45) is 0 Å². The number of aromatic nitrogens is 2. The smallest absolute Gasteiger partial charge is 0.240 e. The third-order valence-corrected chi connectivity index (χ3v) is 7.22. The molecule has 162 valence electrons. The second-order valence-electron chi connectivity index (χ2n) is 9.43. The summed E-state index contributed by atoms with van der Waals surface area (Å²) in [5.41, 5.74) is 9.97. The number of benzene rings is 5. The molecular weight excluding hydrogens is 412 g/mol. The van der Waals surface area contributed by atoms with Crippen LogP contribution < -0.4 is 4.57 Å². The van der Waals surface area contributed by atoms with E-state index in [0.717, 1.165) is 30.6 Å². The minimum Gasteiger partial charge on any atom is -0.240 e. The van der Waals surface area contributed by atoms with Gasteiger partial charge in [0.25, 0.3) is 0 Å². The van der Waals surface area contributed by atoms with Crippen LogP contribution in [0.4, 0.5) is 0 Å². The highest BCUT2D eigenvalue weighted by molar-refractivity contribution is 6.24. The molecule has 0 saturated heterocycles. The topological polar surface area (TPSA) is 16.8 Å². The zero-order valence-corrected chi connectivity index (χ0v) is 19.3. The zero-order chi connectivity index (χ0) is 22.6. The summed E-state index contributed by atoms with van der Waals surface area (Å²) in [6.45, 7) is 3.14. The number of hydrogen-bond acceptors (Lipinski definition) is 1. The SMILES string of the molecule is Cc1c[n+]2c3c(n1)c1ccc(-c4ccccc4)cc1c1cc(-c4ccccc4)cc(c13)CCC2. The van der Waals surface area contributed by atoms with Crippen molar-refractivity contribution in [3.8, 4) is 22.3 Å². The molecule has 0 unspecified atom stereocenters. The van der Waals surface area contributed by atoms with Crippen LogP contribution >= 0.6 is 0 Å². The van der Waals surface area contributed by atoms with Crippen molar-refractivity contribution in [1.29, 1.82) is 0 Å². The first kappa shape index (κ1) is 19.4. The van der Waals surface area contributed by atoms with E-state index < -0.39 is 0 Å². The number of nitrogens with zero attached hydrogens (tertiary/aromatic N) is 2. The van der Waals surface area contributed by atoms with Crippen LogP contribution in [0.5, 0.6) is 0 Å². The number of hydrogen-bond donors (Lipinski definition) is 0. The first-order valence-electron chi connectivity index (χ1n) is 12.1. The van der Waals surface area contributed by atoms with E-state index >= 15 is 0 Å². The van der Waals surface area contributed by atoms with Crippen molar-refractivity contribution in [2.45, 2.75) is 26.3 Å². The van der Waals surface area contributed by atoms with Crippen LogP contribution in [0.15, 0.2) is 97.2 Å². The molecule has 0 bridgehead atoms. The lowest BCUT2D eigenvalue weighted by Gasteiger charge is -2.14. The van der Waals surface area contributed by atoms with Gasteiger partial charge in [-0.05, 0) is 64.1 Å². The maximum atomic E-state index is 5.09. The van der Waals surface area contributed by atoms with Gasteiger partial charge in [-0.3, -0.25) is 0 Å². The molecule has 6 aromatic rings. The molecule has 0 fully saturated rings. The highest BCUT2D eigenvalue weighted by Crippen LogP contribution is 2.40. The van der Waals surface area contributed by atoms with Gasteiger partial charge in [0, 0.05) is 11.8 Å². The van der Waals surface area contributed by atoms with Crippen molar-refractivity contribution in [3.05, 3.63) is 108 Å². The molecule has 0 amide bonds. The van der Waals surface area contributed by atoms with Crippen LogP contribution in [0.1, 0.15) is 17.7 Å². The molecule has 2 nitrogen and oxygen atoms in total. The summed E-state index contributed by atoms with van der Waals surface area (Å²) in [6, 6.07) is 33.2. The van der Waals surface area contributed by atoms with Gasteiger partial charge in [-0.15, -0.1) is 0 Å². The van der Waals surface area contributed by atoms with E-state index in [1.54, 1.807) is 0 Å². The molecule has 0 radical (unpaired) electrons. The lowest BCUT2D eigenvalue weighted by Crippen LogP contribution is -2.34. The van der Waals surface area contributed by atoms with E-state index in [9.17, 15) is 0 Å². The number of rotatable bonds is 2. The molecule has 5 aromatic carbocycles. The Morgan fingerprint density at radius 3 is 2.15 bits per heavy atom. The first-order chi connectivity index (χ1) is 16.8. The van der Waals surface area contributed by atoms with E-state index in [2.05, 4.69) is 109 Å². The molecule has 2 heterocycles. The van der Waals surface area contributed by atoms with Gasteiger partial charge in [-0.2, -0.15) is 4.57 Å². The van der Waals surface area contributed by atoms with Gasteiger partial charge < -0.3 is 0 Å². The summed E-state index contributed by atoms with van der Waals surface area (Å²) in [4.78, 5) is 5.09. The lowest BCUT2D eigenvalue weighted by atomic mass is 9.90. The second-order valence-corrected chi connectivity index (χ2v) is 9.43. The Kier molecular flexibility index (Phi) is 4.28. The van der Waals surface area contributed by atoms with E-state index in [-0.39, 0.29) is 0 Å². The maximum Gasteiger partial charge on any atom is 0.240 e. The van der Waals surface area contributed by atoms with Crippen LogP contribution in [0.25, 0.3) is 54.8 Å². The van der Waals surface area contributed by atoms with E-state index in [1.807, 2.05) is 0 Å². The van der Waals surface area contributed by atoms with Gasteiger partial charge in [-0.25, -0.2) is 4.98 Å². The minimum atomic E-state index is 1.03. The van der Waals surface area contributed by atoms with E-state index in [0.29, 0.717) is 0 Å². The molecule has 0 N–H and O–H groups in total. The Morgan fingerprint density at radius 2 is 1.38 bits per heavy atom. The van der Waals surface area contributed by atoms with E-state index in [1.165, 1.54) is 54.9 Å². The Balaban J connectivity index is 1.68. The van der Waals surface area contributed by atoms with Crippen molar-refractivity contribution < 1.29 is 4.57 Å². The zero-order valence-electron chi connectivity index (χ0n) is 19.3. The molecule has 0 aliphatic carbocycles. The van der Waals surface area contributed by atoms with Crippen molar-refractivity contribution in [1.82, 2.24) is 4.98 Å². The third-order valence-electron chi connectivity index (χ3n) is 7.22. The molecule has 0 atom stereocenters. The van der Waals surface area contributed by atoms with Crippen molar-refractivity contribution in [2.75, 3.05) is 0 Å². The van der Waals surface area contributed by atoms with Gasteiger partial charge in [0.1, 0.15) is 17.8 Å². The predicted octanol–water partition coefficient (Wildman–Crippen LogP) is 7.42. The standard InChI is InChI=1S/C32H25N2/c1-21-20-34-16-8-13-25-17-26(23-11-6-3-7-12-23)19-29-28-18-24(22-9-4-2-5-10-22)14-15-27(28)31(33-21)32(34)30(25)29/h2-7,9-12,14-15,17-20H,8,13,16H2,1H3/q+1. The van der Waals surface area contributed by atoms with Crippen LogP contribution in [-0.4, -0.2) is 4.98 Å². The molecular formula is C32H25N2+. The third kappa shape index (κ3) is 2.95. The Hall–Kier alpha value is -4.04. The molecule has 2 heteroatoms. The quantitative estimate of drug-likeness (QED) is 0.203. The summed E-state index contributed by atoms with van der Waals surface area (Å²) in [7, 11) is 0. The summed E-state index contributed by atoms with van der Waals surface area (Å²) >= 11 is 0. The van der Waals surface area contributed by atoms with Crippen molar-refractivity contribution in [3.63, 3.8) is 0 Å². The van der Waals surface area contributed by atoms with Gasteiger partial charge in [0.05, 0.1) is 5.39 Å². The lowest BCUT2D eigenvalue weighted by molar-refractivity contribution is -0.671. The Bertz CT molecular complexity index is 1720. The minimum absolute atomic E-state index is 1.03. The van der Waals surface area contributed by atoms with E-state index in [4.69, 9.17) is 4.98 Å². The average molecular weight is 438 g/mol. The molecule has 1 aromatic heterocycles. The number of aryl methyl sites for hydroxylation is 3. The van der Waals surface area contributed by atoms with Crippen LogP contribution in [0.3, 0.4) is 0 Å². The highest BCUT2D eigenvalue weighted by Gasteiger charge is 2.25. The molecule has 34 heavy (non-hydrogen) atoms. The van der Waals surface area contributed by atoms with Crippen LogP contribution in [0.2, 0.25) is 0 Å². The Morgan fingerprint density at radius 1 is 0.676 bits per heavy atom. The van der Waals surface area contributed by atoms with Crippen LogP contribution in [0, 0.1) is 6.92 Å². The second kappa shape index (κ2) is 7.50. The first-order valence-corrected chi connectivity index (χ1v) is 12.1. The molecule has 0 spiro atoms. The fraction of sp³-hybridized carbons (Fsp3) is 0.125. The molecule has 1 aliphatic rings. The monoisotopic (exact) mass is 437 g/mol. The van der Waals surface area contributed by atoms with Gasteiger partial charge >= 0.3 is 0 Å². The molecule has 0 saturated carbocycles. The Labute approximate surface area is 199 Å². The fourth-order valence-electron chi connectivity index (χ4n) is 5.72. The molecule has 1 aliphatic heterocycles. The highest BCUT2D eigenvalue weighted by atomic mass is 15.0. The maximum absolute atomic E-state index is 5.09.